The zero-order chi connectivity index (χ0) is 18.1. The first-order chi connectivity index (χ1) is 11.8. The number of nitrogens with one attached hydrogen (secondary N) is 2. The van der Waals surface area contributed by atoms with Crippen LogP contribution in [0.15, 0.2) is 30.3 Å². The Balaban J connectivity index is 1.75. The molecule has 0 unspecified atom stereocenters. The largest absolute Gasteiger partial charge is 0.308 e. The van der Waals surface area contributed by atoms with Gasteiger partial charge in [0.15, 0.2) is 10.2 Å². The van der Waals surface area contributed by atoms with E-state index in [0.29, 0.717) is 15.7 Å². The molecular formula is C17H13ClIN3OS2. The monoisotopic (exact) mass is 501 g/mol. The molecule has 0 saturated heterocycles. The van der Waals surface area contributed by atoms with Crippen molar-refractivity contribution in [3.63, 3.8) is 0 Å². The van der Waals surface area contributed by atoms with Crippen LogP contribution in [0.4, 0.5) is 5.13 Å². The van der Waals surface area contributed by atoms with Crippen LogP contribution in [-0.2, 0) is 0 Å². The first kappa shape index (κ1) is 18.5. The van der Waals surface area contributed by atoms with Crippen LogP contribution in [0, 0.1) is 17.4 Å². The van der Waals surface area contributed by atoms with Crippen LogP contribution in [0.25, 0.3) is 10.2 Å². The molecule has 0 saturated carbocycles. The average molecular weight is 502 g/mol. The molecule has 3 aromatic rings. The second-order valence-corrected chi connectivity index (χ2v) is 8.57. The van der Waals surface area contributed by atoms with Crippen LogP contribution in [0.1, 0.15) is 21.5 Å². The maximum atomic E-state index is 12.3. The van der Waals surface area contributed by atoms with Crippen molar-refractivity contribution in [2.24, 2.45) is 0 Å². The number of hydrogen-bond donors (Lipinski definition) is 2. The van der Waals surface area contributed by atoms with Gasteiger partial charge in [-0.25, -0.2) is 4.98 Å². The van der Waals surface area contributed by atoms with E-state index < -0.39 is 0 Å². The van der Waals surface area contributed by atoms with Gasteiger partial charge in [-0.15, -0.1) is 0 Å². The molecule has 1 amide bonds. The minimum absolute atomic E-state index is 0.188. The van der Waals surface area contributed by atoms with Gasteiger partial charge >= 0.3 is 0 Å². The molecule has 0 radical (unpaired) electrons. The van der Waals surface area contributed by atoms with Crippen LogP contribution in [0.3, 0.4) is 0 Å². The Bertz CT molecular complexity index is 1000. The van der Waals surface area contributed by atoms with Crippen LogP contribution in [0.5, 0.6) is 0 Å². The Morgan fingerprint density at radius 2 is 2.04 bits per heavy atom. The standard InChI is InChI=1S/C17H13ClIN3OS2/c1-8-5-9(2)14-13(6-8)25-17(20-14)22-16(24)21-15(23)11-7-10(19)3-4-12(11)18/h3-7H,1-2H3,(H2,20,21,22,23,24). The lowest BCUT2D eigenvalue weighted by atomic mass is 10.1. The molecule has 1 aromatic heterocycles. The Morgan fingerprint density at radius 3 is 2.80 bits per heavy atom. The number of thiocarbonyl (C=S) groups is 1. The molecule has 2 aromatic carbocycles. The van der Waals surface area contributed by atoms with Gasteiger partial charge < -0.3 is 5.32 Å². The molecule has 4 nitrogen and oxygen atoms in total. The van der Waals surface area contributed by atoms with E-state index in [4.69, 9.17) is 23.8 Å². The van der Waals surface area contributed by atoms with Gasteiger partial charge in [-0.2, -0.15) is 0 Å². The predicted molar refractivity (Wildman–Crippen MR) is 117 cm³/mol. The van der Waals surface area contributed by atoms with Gasteiger partial charge in [0.05, 0.1) is 20.8 Å². The summed E-state index contributed by atoms with van der Waals surface area (Å²) in [4.78, 5) is 16.9. The third-order valence-corrected chi connectivity index (χ3v) is 5.57. The number of fused-ring (bicyclic) bond motifs is 1. The molecule has 0 aliphatic carbocycles. The van der Waals surface area contributed by atoms with Gasteiger partial charge in [-0.1, -0.05) is 29.0 Å². The van der Waals surface area contributed by atoms with E-state index in [9.17, 15) is 4.79 Å². The summed E-state index contributed by atoms with van der Waals surface area (Å²) in [6.07, 6.45) is 0. The Hall–Kier alpha value is -1.29. The summed E-state index contributed by atoms with van der Waals surface area (Å²) in [6.45, 7) is 4.08. The highest BCUT2D eigenvalue weighted by Crippen LogP contribution is 2.29. The van der Waals surface area contributed by atoms with E-state index >= 15 is 0 Å². The number of amides is 1. The summed E-state index contributed by atoms with van der Waals surface area (Å²) < 4.78 is 2.00. The summed E-state index contributed by atoms with van der Waals surface area (Å²) >= 11 is 14.9. The molecule has 0 bridgehead atoms. The average Bonchev–Trinajstić information content (AvgIpc) is 2.91. The summed E-state index contributed by atoms with van der Waals surface area (Å²) in [5.41, 5.74) is 3.62. The number of halogens is 2. The van der Waals surface area contributed by atoms with E-state index in [1.165, 1.54) is 16.9 Å². The second kappa shape index (κ2) is 7.53. The van der Waals surface area contributed by atoms with Crippen LogP contribution in [0.2, 0.25) is 5.02 Å². The zero-order valence-corrected chi connectivity index (χ0v) is 17.9. The highest BCUT2D eigenvalue weighted by Gasteiger charge is 2.14. The Morgan fingerprint density at radius 1 is 1.28 bits per heavy atom. The zero-order valence-electron chi connectivity index (χ0n) is 13.3. The Labute approximate surface area is 173 Å². The lowest BCUT2D eigenvalue weighted by Crippen LogP contribution is -2.34. The molecular weight excluding hydrogens is 489 g/mol. The summed E-state index contributed by atoms with van der Waals surface area (Å²) in [6, 6.07) is 9.41. The van der Waals surface area contributed by atoms with E-state index in [1.807, 2.05) is 13.0 Å². The minimum Gasteiger partial charge on any atom is -0.308 e. The molecule has 3 rings (SSSR count). The number of benzene rings is 2. The topological polar surface area (TPSA) is 54.0 Å². The van der Waals surface area contributed by atoms with Crippen molar-refractivity contribution >= 4 is 84.1 Å². The van der Waals surface area contributed by atoms with Crippen molar-refractivity contribution in [3.05, 3.63) is 55.6 Å². The normalized spacial score (nSPS) is 10.7. The van der Waals surface area contributed by atoms with Crippen molar-refractivity contribution in [3.8, 4) is 0 Å². The van der Waals surface area contributed by atoms with Gasteiger partial charge in [0, 0.05) is 3.57 Å². The van der Waals surface area contributed by atoms with Gasteiger partial charge in [-0.3, -0.25) is 10.1 Å². The molecule has 0 fully saturated rings. The van der Waals surface area contributed by atoms with Gasteiger partial charge in [-0.05, 0) is 84.0 Å². The maximum Gasteiger partial charge on any atom is 0.258 e. The fourth-order valence-corrected chi connectivity index (χ4v) is 4.39. The van der Waals surface area contributed by atoms with Crippen LogP contribution in [-0.4, -0.2) is 16.0 Å². The molecule has 0 atom stereocenters. The highest BCUT2D eigenvalue weighted by molar-refractivity contribution is 14.1. The first-order valence-corrected chi connectivity index (χ1v) is 9.97. The van der Waals surface area contributed by atoms with Crippen LogP contribution < -0.4 is 10.6 Å². The summed E-state index contributed by atoms with van der Waals surface area (Å²) in [5.74, 6) is -0.353. The quantitative estimate of drug-likeness (QED) is 0.370. The SMILES string of the molecule is Cc1cc(C)c2nc(NC(=S)NC(=O)c3cc(I)ccc3Cl)sc2c1. The van der Waals surface area contributed by atoms with Crippen molar-refractivity contribution in [1.29, 1.82) is 0 Å². The van der Waals surface area contributed by atoms with Crippen molar-refractivity contribution in [2.75, 3.05) is 5.32 Å². The molecule has 0 spiro atoms. The molecule has 128 valence electrons. The number of carbonyl (C=O) groups excluding carboxylic acids is 1. The molecule has 0 aliphatic rings. The first-order valence-electron chi connectivity index (χ1n) is 7.28. The number of rotatable bonds is 2. The lowest BCUT2D eigenvalue weighted by molar-refractivity contribution is 0.0978. The third-order valence-electron chi connectivity index (χ3n) is 3.45. The number of carbonyl (C=O) groups is 1. The van der Waals surface area contributed by atoms with Crippen molar-refractivity contribution in [1.82, 2.24) is 10.3 Å². The van der Waals surface area contributed by atoms with Gasteiger partial charge in [0.25, 0.3) is 5.91 Å². The van der Waals surface area contributed by atoms with Crippen molar-refractivity contribution in [2.45, 2.75) is 13.8 Å². The van der Waals surface area contributed by atoms with Crippen molar-refractivity contribution < 1.29 is 4.79 Å². The number of thiazole rings is 1. The van der Waals surface area contributed by atoms with E-state index in [2.05, 4.69) is 57.3 Å². The number of aromatic nitrogens is 1. The van der Waals surface area contributed by atoms with E-state index in [1.54, 1.807) is 12.1 Å². The number of hydrogen-bond acceptors (Lipinski definition) is 4. The summed E-state index contributed by atoms with van der Waals surface area (Å²) in [5, 5.41) is 6.83. The Kier molecular flexibility index (Phi) is 5.57. The minimum atomic E-state index is -0.353. The fraction of sp³-hybridized carbons (Fsp3) is 0.118. The number of anilines is 1. The molecule has 25 heavy (non-hydrogen) atoms. The second-order valence-electron chi connectivity index (χ2n) is 5.48. The highest BCUT2D eigenvalue weighted by atomic mass is 127. The third kappa shape index (κ3) is 4.28. The van der Waals surface area contributed by atoms with E-state index in [0.717, 1.165) is 19.4 Å². The fourth-order valence-electron chi connectivity index (χ4n) is 2.39. The van der Waals surface area contributed by atoms with Gasteiger partial charge in [0.2, 0.25) is 0 Å². The summed E-state index contributed by atoms with van der Waals surface area (Å²) in [7, 11) is 0. The molecule has 0 aliphatic heterocycles. The van der Waals surface area contributed by atoms with E-state index in [-0.39, 0.29) is 11.0 Å². The molecule has 2 N–H and O–H groups in total. The number of nitrogens with zero attached hydrogens (tertiary/aromatic N) is 1. The van der Waals surface area contributed by atoms with Crippen LogP contribution >= 0.6 is 57.7 Å². The lowest BCUT2D eigenvalue weighted by Gasteiger charge is -2.08. The van der Waals surface area contributed by atoms with Gasteiger partial charge in [0.1, 0.15) is 0 Å². The smallest absolute Gasteiger partial charge is 0.258 e. The molecule has 8 heteroatoms. The number of aryl methyl sites for hydroxylation is 2. The maximum absolute atomic E-state index is 12.3. The molecule has 1 heterocycles. The predicted octanol–water partition coefficient (Wildman–Crippen LogP) is 5.30.